The molecule has 1 aromatic rings. The van der Waals surface area contributed by atoms with E-state index in [9.17, 15) is 18.0 Å². The van der Waals surface area contributed by atoms with Crippen molar-refractivity contribution in [1.82, 2.24) is 10.6 Å². The molecule has 0 radical (unpaired) electrons. The number of carbonyl (C=O) groups excluding carboxylic acids is 2. The molecule has 8 heteroatoms. The second kappa shape index (κ2) is 8.14. The standard InChI is InChI=1S/C14H19ClN2O4S/c1-3-16-14(19)10(2)17-13(18)8-9-22(20,21)12-6-4-11(15)5-7-12/h4-7,10H,3,8-9H2,1-2H3,(H,16,19)(H,17,18)/t10-/m1/s1. The van der Waals surface area contributed by atoms with E-state index in [1.54, 1.807) is 6.92 Å². The number of hydrogen-bond donors (Lipinski definition) is 2. The van der Waals surface area contributed by atoms with Gasteiger partial charge in [0.25, 0.3) is 0 Å². The summed E-state index contributed by atoms with van der Waals surface area (Å²) in [6, 6.07) is 5.04. The minimum absolute atomic E-state index is 0.112. The monoisotopic (exact) mass is 346 g/mol. The molecule has 0 aliphatic rings. The molecule has 1 aromatic carbocycles. The van der Waals surface area contributed by atoms with Crippen molar-refractivity contribution in [2.75, 3.05) is 12.3 Å². The van der Waals surface area contributed by atoms with Crippen LogP contribution in [0, 0.1) is 0 Å². The van der Waals surface area contributed by atoms with Gasteiger partial charge in [0, 0.05) is 18.0 Å². The molecule has 1 atom stereocenters. The molecule has 0 aliphatic heterocycles. The van der Waals surface area contributed by atoms with E-state index in [0.717, 1.165) is 0 Å². The second-order valence-electron chi connectivity index (χ2n) is 4.71. The number of benzene rings is 1. The fourth-order valence-corrected chi connectivity index (χ4v) is 3.06. The Bertz CT molecular complexity index is 629. The van der Waals surface area contributed by atoms with E-state index in [4.69, 9.17) is 11.6 Å². The first-order valence-electron chi connectivity index (χ1n) is 6.81. The van der Waals surface area contributed by atoms with Crippen molar-refractivity contribution in [3.05, 3.63) is 29.3 Å². The summed E-state index contributed by atoms with van der Waals surface area (Å²) < 4.78 is 24.1. The average Bonchev–Trinajstić information content (AvgIpc) is 2.46. The zero-order valence-corrected chi connectivity index (χ0v) is 14.0. The number of halogens is 1. The lowest BCUT2D eigenvalue weighted by atomic mass is 10.3. The van der Waals surface area contributed by atoms with Crippen LogP contribution >= 0.6 is 11.6 Å². The number of sulfone groups is 1. The van der Waals surface area contributed by atoms with Gasteiger partial charge in [0.15, 0.2) is 9.84 Å². The van der Waals surface area contributed by atoms with E-state index in [1.165, 1.54) is 31.2 Å². The lowest BCUT2D eigenvalue weighted by Gasteiger charge is -2.13. The first-order valence-corrected chi connectivity index (χ1v) is 8.84. The maximum Gasteiger partial charge on any atom is 0.242 e. The number of rotatable bonds is 7. The fraction of sp³-hybridized carbons (Fsp3) is 0.429. The summed E-state index contributed by atoms with van der Waals surface area (Å²) in [5, 5.41) is 5.47. The van der Waals surface area contributed by atoms with Crippen LogP contribution in [0.4, 0.5) is 0 Å². The largest absolute Gasteiger partial charge is 0.355 e. The first kappa shape index (κ1) is 18.4. The molecule has 0 aromatic heterocycles. The Morgan fingerprint density at radius 1 is 1.23 bits per heavy atom. The van der Waals surface area contributed by atoms with E-state index < -0.39 is 21.8 Å². The number of hydrogen-bond acceptors (Lipinski definition) is 4. The normalized spacial score (nSPS) is 12.5. The Balaban J connectivity index is 2.56. The van der Waals surface area contributed by atoms with Gasteiger partial charge in [-0.3, -0.25) is 9.59 Å². The van der Waals surface area contributed by atoms with Gasteiger partial charge in [-0.15, -0.1) is 0 Å². The summed E-state index contributed by atoms with van der Waals surface area (Å²) in [7, 11) is -3.56. The van der Waals surface area contributed by atoms with Crippen molar-refractivity contribution in [3.63, 3.8) is 0 Å². The van der Waals surface area contributed by atoms with E-state index >= 15 is 0 Å². The molecule has 0 aliphatic carbocycles. The smallest absolute Gasteiger partial charge is 0.242 e. The van der Waals surface area contributed by atoms with Crippen LogP contribution in [0.5, 0.6) is 0 Å². The molecule has 2 amide bonds. The summed E-state index contributed by atoms with van der Waals surface area (Å²) in [5.74, 6) is -1.13. The molecule has 0 spiro atoms. The highest BCUT2D eigenvalue weighted by Crippen LogP contribution is 2.15. The quantitative estimate of drug-likeness (QED) is 0.774. The van der Waals surface area contributed by atoms with Crippen LogP contribution in [-0.4, -0.2) is 38.6 Å². The molecule has 0 unspecified atom stereocenters. The molecule has 2 N–H and O–H groups in total. The third-order valence-electron chi connectivity index (χ3n) is 2.89. The molecule has 122 valence electrons. The minimum Gasteiger partial charge on any atom is -0.355 e. The molecule has 0 saturated carbocycles. The van der Waals surface area contributed by atoms with Gasteiger partial charge in [0.05, 0.1) is 10.6 Å². The van der Waals surface area contributed by atoms with E-state index in [0.29, 0.717) is 11.6 Å². The van der Waals surface area contributed by atoms with Crippen molar-refractivity contribution in [2.45, 2.75) is 31.2 Å². The van der Waals surface area contributed by atoms with Crippen LogP contribution < -0.4 is 10.6 Å². The Hall–Kier alpha value is -1.60. The summed E-state index contributed by atoms with van der Waals surface area (Å²) in [6.45, 7) is 3.77. The summed E-state index contributed by atoms with van der Waals surface area (Å²) >= 11 is 5.71. The van der Waals surface area contributed by atoms with Crippen molar-refractivity contribution >= 4 is 33.3 Å². The summed E-state index contributed by atoms with van der Waals surface area (Å²) in [6.07, 6.45) is -0.214. The highest BCUT2D eigenvalue weighted by atomic mass is 35.5. The van der Waals surface area contributed by atoms with Crippen molar-refractivity contribution < 1.29 is 18.0 Å². The molecule has 0 saturated heterocycles. The second-order valence-corrected chi connectivity index (χ2v) is 7.25. The van der Waals surface area contributed by atoms with Gasteiger partial charge < -0.3 is 10.6 Å². The third-order valence-corrected chi connectivity index (χ3v) is 4.88. The van der Waals surface area contributed by atoms with Crippen LogP contribution in [0.15, 0.2) is 29.2 Å². The topological polar surface area (TPSA) is 92.3 Å². The van der Waals surface area contributed by atoms with Gasteiger partial charge in [-0.05, 0) is 38.1 Å². The number of likely N-dealkylation sites (N-methyl/N-ethyl adjacent to an activating group) is 1. The van der Waals surface area contributed by atoms with Gasteiger partial charge in [-0.1, -0.05) is 11.6 Å². The predicted octanol–water partition coefficient (Wildman–Crippen LogP) is 1.14. The Kier molecular flexibility index (Phi) is 6.83. The summed E-state index contributed by atoms with van der Waals surface area (Å²) in [4.78, 5) is 23.3. The summed E-state index contributed by atoms with van der Waals surface area (Å²) in [5.41, 5.74) is 0. The molecule has 1 rings (SSSR count). The molecule has 0 fully saturated rings. The first-order chi connectivity index (χ1) is 10.3. The van der Waals surface area contributed by atoms with Crippen molar-refractivity contribution in [1.29, 1.82) is 0 Å². The van der Waals surface area contributed by atoms with Crippen LogP contribution in [0.2, 0.25) is 5.02 Å². The molecule has 6 nitrogen and oxygen atoms in total. The SMILES string of the molecule is CCNC(=O)[C@@H](C)NC(=O)CCS(=O)(=O)c1ccc(Cl)cc1. The zero-order chi connectivity index (χ0) is 16.8. The van der Waals surface area contributed by atoms with Crippen LogP contribution in [-0.2, 0) is 19.4 Å². The van der Waals surface area contributed by atoms with E-state index in [-0.39, 0.29) is 23.0 Å². The zero-order valence-electron chi connectivity index (χ0n) is 12.4. The Morgan fingerprint density at radius 2 is 1.82 bits per heavy atom. The number of amides is 2. The van der Waals surface area contributed by atoms with Gasteiger partial charge in [0.1, 0.15) is 6.04 Å². The van der Waals surface area contributed by atoms with Crippen LogP contribution in [0.1, 0.15) is 20.3 Å². The van der Waals surface area contributed by atoms with E-state index in [1.807, 2.05) is 0 Å². The lowest BCUT2D eigenvalue weighted by molar-refractivity contribution is -0.128. The van der Waals surface area contributed by atoms with Crippen molar-refractivity contribution in [2.24, 2.45) is 0 Å². The highest BCUT2D eigenvalue weighted by molar-refractivity contribution is 7.91. The highest BCUT2D eigenvalue weighted by Gasteiger charge is 2.19. The van der Waals surface area contributed by atoms with Gasteiger partial charge in [-0.25, -0.2) is 8.42 Å². The average molecular weight is 347 g/mol. The molecule has 0 heterocycles. The predicted molar refractivity (Wildman–Crippen MR) is 84.4 cm³/mol. The number of carbonyl (C=O) groups is 2. The molecular weight excluding hydrogens is 328 g/mol. The van der Waals surface area contributed by atoms with Gasteiger partial charge in [0.2, 0.25) is 11.8 Å². The molecule has 0 bridgehead atoms. The Labute approximate surface area is 135 Å². The van der Waals surface area contributed by atoms with Crippen molar-refractivity contribution in [3.8, 4) is 0 Å². The third kappa shape index (κ3) is 5.65. The molecular formula is C14H19ClN2O4S. The molecule has 22 heavy (non-hydrogen) atoms. The van der Waals surface area contributed by atoms with Gasteiger partial charge >= 0.3 is 0 Å². The Morgan fingerprint density at radius 3 is 2.36 bits per heavy atom. The fourth-order valence-electron chi connectivity index (χ4n) is 1.69. The van der Waals surface area contributed by atoms with Crippen LogP contribution in [0.3, 0.4) is 0 Å². The maximum absolute atomic E-state index is 12.1. The van der Waals surface area contributed by atoms with Crippen LogP contribution in [0.25, 0.3) is 0 Å². The minimum atomic E-state index is -3.56. The number of nitrogens with one attached hydrogen (secondary N) is 2. The maximum atomic E-state index is 12.1. The van der Waals surface area contributed by atoms with Gasteiger partial charge in [-0.2, -0.15) is 0 Å². The lowest BCUT2D eigenvalue weighted by Crippen LogP contribution is -2.45. The van der Waals surface area contributed by atoms with E-state index in [2.05, 4.69) is 10.6 Å².